The Hall–Kier alpha value is -0.520. The van der Waals surface area contributed by atoms with Gasteiger partial charge in [0.05, 0.1) is 0 Å². The first-order valence-electron chi connectivity index (χ1n) is 6.16. The highest BCUT2D eigenvalue weighted by Crippen LogP contribution is 2.56. The molecule has 1 saturated carbocycles. The maximum absolute atomic E-state index is 2.42. The third-order valence-electron chi connectivity index (χ3n) is 4.62. The summed E-state index contributed by atoms with van der Waals surface area (Å²) in [6.45, 7) is 4.65. The van der Waals surface area contributed by atoms with E-state index in [-0.39, 0.29) is 0 Å². The zero-order valence-electron chi connectivity index (χ0n) is 9.34. The molecule has 3 aliphatic carbocycles. The summed E-state index contributed by atoms with van der Waals surface area (Å²) < 4.78 is 0. The molecule has 0 aliphatic heterocycles. The minimum Gasteiger partial charge on any atom is -0.0878 e. The minimum atomic E-state index is 0.891. The van der Waals surface area contributed by atoms with E-state index in [2.05, 4.69) is 19.9 Å². The van der Waals surface area contributed by atoms with E-state index in [1.807, 2.05) is 11.1 Å². The molecular weight excluding hydrogens is 168 g/mol. The van der Waals surface area contributed by atoms with Crippen LogP contribution in [-0.2, 0) is 0 Å². The summed E-state index contributed by atoms with van der Waals surface area (Å²) in [5, 5.41) is 0. The van der Waals surface area contributed by atoms with Gasteiger partial charge in [-0.1, -0.05) is 29.7 Å². The van der Waals surface area contributed by atoms with Crippen LogP contribution in [0.2, 0.25) is 0 Å². The Bertz CT molecular complexity index is 319. The molecule has 1 fully saturated rings. The van der Waals surface area contributed by atoms with Crippen LogP contribution in [0.25, 0.3) is 0 Å². The minimum absolute atomic E-state index is 0.891. The Balaban J connectivity index is 1.97. The van der Waals surface area contributed by atoms with Gasteiger partial charge in [-0.3, -0.25) is 0 Å². The van der Waals surface area contributed by atoms with Crippen LogP contribution in [0.3, 0.4) is 0 Å². The van der Waals surface area contributed by atoms with Crippen LogP contribution < -0.4 is 0 Å². The first-order chi connectivity index (χ1) is 6.79. The normalized spacial score (nSPS) is 43.6. The standard InChI is InChI=1S/C14H20/c1-3-10-7-11-8-13(10)14-6-9(2)4-5-12(11)14/h3,9,11,13H,4-8H2,1-2H3. The van der Waals surface area contributed by atoms with Gasteiger partial charge in [-0.15, -0.1) is 0 Å². The maximum atomic E-state index is 2.42. The summed E-state index contributed by atoms with van der Waals surface area (Å²) in [6.07, 6.45) is 9.54. The largest absolute Gasteiger partial charge is 0.0878 e. The molecule has 0 aromatic heterocycles. The second-order valence-electron chi connectivity index (χ2n) is 5.45. The quantitative estimate of drug-likeness (QED) is 0.502. The van der Waals surface area contributed by atoms with E-state index in [1.54, 1.807) is 5.57 Å². The van der Waals surface area contributed by atoms with Crippen molar-refractivity contribution in [2.24, 2.45) is 17.8 Å². The molecule has 0 heteroatoms. The van der Waals surface area contributed by atoms with Crippen LogP contribution in [0.1, 0.15) is 46.0 Å². The SMILES string of the molecule is CC=C1CC2CC1C1=C2CCC(C)C1. The van der Waals surface area contributed by atoms with Gasteiger partial charge in [0.2, 0.25) is 0 Å². The van der Waals surface area contributed by atoms with Gasteiger partial charge in [0.15, 0.2) is 0 Å². The van der Waals surface area contributed by atoms with Gasteiger partial charge in [-0.25, -0.2) is 0 Å². The van der Waals surface area contributed by atoms with Crippen LogP contribution in [0.5, 0.6) is 0 Å². The number of rotatable bonds is 0. The molecule has 2 bridgehead atoms. The number of allylic oxidation sites excluding steroid dienone is 4. The molecule has 0 nitrogen and oxygen atoms in total. The van der Waals surface area contributed by atoms with Crippen molar-refractivity contribution in [1.82, 2.24) is 0 Å². The van der Waals surface area contributed by atoms with Gasteiger partial charge < -0.3 is 0 Å². The Labute approximate surface area is 87.1 Å². The lowest BCUT2D eigenvalue weighted by Gasteiger charge is -2.29. The van der Waals surface area contributed by atoms with Crippen LogP contribution in [0.4, 0.5) is 0 Å². The van der Waals surface area contributed by atoms with Crippen molar-refractivity contribution < 1.29 is 0 Å². The fourth-order valence-electron chi connectivity index (χ4n) is 3.90. The highest BCUT2D eigenvalue weighted by atomic mass is 14.5. The monoisotopic (exact) mass is 188 g/mol. The molecule has 0 radical (unpaired) electrons. The Morgan fingerprint density at radius 2 is 2.07 bits per heavy atom. The topological polar surface area (TPSA) is 0 Å². The maximum Gasteiger partial charge on any atom is 0.00157 e. The highest BCUT2D eigenvalue weighted by molar-refractivity contribution is 5.40. The number of fused-ring (bicyclic) bond motifs is 4. The lowest BCUT2D eigenvalue weighted by Crippen LogP contribution is -2.14. The Morgan fingerprint density at radius 1 is 1.21 bits per heavy atom. The molecule has 0 N–H and O–H groups in total. The van der Waals surface area contributed by atoms with Crippen molar-refractivity contribution in [3.8, 4) is 0 Å². The summed E-state index contributed by atoms with van der Waals surface area (Å²) in [4.78, 5) is 0. The van der Waals surface area contributed by atoms with E-state index in [9.17, 15) is 0 Å². The predicted molar refractivity (Wildman–Crippen MR) is 60.0 cm³/mol. The summed E-state index contributed by atoms with van der Waals surface area (Å²) in [5.74, 6) is 2.81. The molecule has 0 amide bonds. The first kappa shape index (κ1) is 8.76. The molecule has 3 rings (SSSR count). The molecule has 76 valence electrons. The van der Waals surface area contributed by atoms with Crippen molar-refractivity contribution in [2.75, 3.05) is 0 Å². The van der Waals surface area contributed by atoms with Crippen molar-refractivity contribution in [1.29, 1.82) is 0 Å². The molecule has 14 heavy (non-hydrogen) atoms. The molecule has 0 aromatic carbocycles. The van der Waals surface area contributed by atoms with Gasteiger partial charge in [-0.2, -0.15) is 0 Å². The molecule has 0 aromatic rings. The van der Waals surface area contributed by atoms with Gasteiger partial charge in [0.25, 0.3) is 0 Å². The average molecular weight is 188 g/mol. The molecule has 3 unspecified atom stereocenters. The van der Waals surface area contributed by atoms with Gasteiger partial charge in [0, 0.05) is 5.92 Å². The second-order valence-corrected chi connectivity index (χ2v) is 5.45. The van der Waals surface area contributed by atoms with Gasteiger partial charge >= 0.3 is 0 Å². The number of hydrogen-bond acceptors (Lipinski definition) is 0. The highest BCUT2D eigenvalue weighted by Gasteiger charge is 2.42. The molecule has 0 spiro atoms. The van der Waals surface area contributed by atoms with Crippen LogP contribution in [0.15, 0.2) is 22.8 Å². The van der Waals surface area contributed by atoms with E-state index in [0.717, 1.165) is 17.8 Å². The summed E-state index contributed by atoms with van der Waals surface area (Å²) in [7, 11) is 0. The van der Waals surface area contributed by atoms with Crippen molar-refractivity contribution in [2.45, 2.75) is 46.0 Å². The zero-order valence-corrected chi connectivity index (χ0v) is 9.34. The van der Waals surface area contributed by atoms with E-state index in [1.165, 1.54) is 32.1 Å². The second kappa shape index (κ2) is 2.98. The van der Waals surface area contributed by atoms with Gasteiger partial charge in [-0.05, 0) is 50.9 Å². The fraction of sp³-hybridized carbons (Fsp3) is 0.714. The zero-order chi connectivity index (χ0) is 9.71. The van der Waals surface area contributed by atoms with Crippen LogP contribution in [-0.4, -0.2) is 0 Å². The molecular formula is C14H20. The van der Waals surface area contributed by atoms with Crippen LogP contribution in [0, 0.1) is 17.8 Å². The van der Waals surface area contributed by atoms with E-state index in [0.29, 0.717) is 0 Å². The Kier molecular flexibility index (Phi) is 1.87. The molecule has 3 atom stereocenters. The smallest absolute Gasteiger partial charge is 0.00157 e. The van der Waals surface area contributed by atoms with E-state index < -0.39 is 0 Å². The van der Waals surface area contributed by atoms with E-state index >= 15 is 0 Å². The summed E-state index contributed by atoms with van der Waals surface area (Å²) in [6, 6.07) is 0. The molecule has 3 aliphatic rings. The van der Waals surface area contributed by atoms with Crippen LogP contribution >= 0.6 is 0 Å². The lowest BCUT2D eigenvalue weighted by molar-refractivity contribution is 0.467. The van der Waals surface area contributed by atoms with Crippen molar-refractivity contribution in [3.63, 3.8) is 0 Å². The third kappa shape index (κ3) is 1.06. The molecule has 0 saturated heterocycles. The third-order valence-corrected chi connectivity index (χ3v) is 4.62. The lowest BCUT2D eigenvalue weighted by atomic mass is 9.76. The van der Waals surface area contributed by atoms with E-state index in [4.69, 9.17) is 0 Å². The summed E-state index contributed by atoms with van der Waals surface area (Å²) >= 11 is 0. The van der Waals surface area contributed by atoms with Crippen molar-refractivity contribution >= 4 is 0 Å². The fourth-order valence-corrected chi connectivity index (χ4v) is 3.90. The Morgan fingerprint density at radius 3 is 2.86 bits per heavy atom. The van der Waals surface area contributed by atoms with Crippen molar-refractivity contribution in [3.05, 3.63) is 22.8 Å². The summed E-state index contributed by atoms with van der Waals surface area (Å²) in [5.41, 5.74) is 5.51. The van der Waals surface area contributed by atoms with Gasteiger partial charge in [0.1, 0.15) is 0 Å². The predicted octanol–water partition coefficient (Wildman–Crippen LogP) is 4.09. The molecule has 0 heterocycles. The first-order valence-corrected chi connectivity index (χ1v) is 6.16. The average Bonchev–Trinajstić information content (AvgIpc) is 2.74. The number of hydrogen-bond donors (Lipinski definition) is 0.